The highest BCUT2D eigenvalue weighted by Crippen LogP contribution is 2.47. The van der Waals surface area contributed by atoms with Gasteiger partial charge in [0.1, 0.15) is 12.1 Å². The van der Waals surface area contributed by atoms with Gasteiger partial charge in [-0.3, -0.25) is 14.6 Å². The Bertz CT molecular complexity index is 1240. The predicted octanol–water partition coefficient (Wildman–Crippen LogP) is 5.61. The first kappa shape index (κ1) is 17.4. The number of benzene rings is 3. The molecule has 0 saturated carbocycles. The second kappa shape index (κ2) is 7.04. The standard InChI is InChI=1S/C23H15ClN4O/c24-16-11-12-19-20(15-16)26-23-22(25-19)27(17-7-3-1-4-8-17)21(13-14-29)28(23)18-9-5-2-6-10-18/h1-15H. The zero-order chi connectivity index (χ0) is 19.8. The summed E-state index contributed by atoms with van der Waals surface area (Å²) in [4.78, 5) is 25.2. The van der Waals surface area contributed by atoms with Gasteiger partial charge in [-0.2, -0.15) is 0 Å². The molecule has 0 aliphatic carbocycles. The van der Waals surface area contributed by atoms with Gasteiger partial charge in [0, 0.05) is 22.5 Å². The first-order valence-electron chi connectivity index (χ1n) is 9.09. The summed E-state index contributed by atoms with van der Waals surface area (Å²) in [5, 5.41) is 0.597. The van der Waals surface area contributed by atoms with Gasteiger partial charge in [0.15, 0.2) is 11.6 Å². The topological polar surface area (TPSA) is 49.3 Å². The molecule has 3 aromatic carbocycles. The number of aldehydes is 1. The van der Waals surface area contributed by atoms with E-state index in [0.717, 1.165) is 23.2 Å². The van der Waals surface area contributed by atoms with Crippen molar-refractivity contribution in [3.05, 3.63) is 95.8 Å². The molecule has 0 spiro atoms. The van der Waals surface area contributed by atoms with Crippen molar-refractivity contribution in [2.45, 2.75) is 0 Å². The molecule has 5 nitrogen and oxygen atoms in total. The number of nitrogens with zero attached hydrogens (tertiary/aromatic N) is 4. The molecule has 0 unspecified atom stereocenters. The van der Waals surface area contributed by atoms with Crippen molar-refractivity contribution in [3.8, 4) is 0 Å². The maximum absolute atomic E-state index is 11.6. The smallest absolute Gasteiger partial charge is 0.183 e. The van der Waals surface area contributed by atoms with Crippen LogP contribution in [-0.2, 0) is 4.79 Å². The Morgan fingerprint density at radius 3 is 1.83 bits per heavy atom. The lowest BCUT2D eigenvalue weighted by molar-refractivity contribution is -0.104. The number of aromatic nitrogens is 2. The lowest BCUT2D eigenvalue weighted by atomic mass is 10.3. The van der Waals surface area contributed by atoms with Crippen molar-refractivity contribution >= 4 is 51.9 Å². The molecule has 1 aromatic heterocycles. The van der Waals surface area contributed by atoms with Crippen molar-refractivity contribution in [1.29, 1.82) is 0 Å². The average molecular weight is 399 g/mol. The predicted molar refractivity (Wildman–Crippen MR) is 116 cm³/mol. The molecule has 0 atom stereocenters. The summed E-state index contributed by atoms with van der Waals surface area (Å²) < 4.78 is 0. The number of rotatable bonds is 3. The van der Waals surface area contributed by atoms with Crippen molar-refractivity contribution in [3.63, 3.8) is 0 Å². The molecule has 0 amide bonds. The highest BCUT2D eigenvalue weighted by atomic mass is 35.5. The SMILES string of the molecule is O=CC=C1N(c2ccccc2)c2nc3ccc(Cl)cc3nc2N1c1ccccc1. The minimum Gasteiger partial charge on any atom is -0.298 e. The number of hydrogen-bond donors (Lipinski definition) is 0. The van der Waals surface area contributed by atoms with Gasteiger partial charge in [0.05, 0.1) is 11.0 Å². The molecule has 140 valence electrons. The Kier molecular flexibility index (Phi) is 4.22. The van der Waals surface area contributed by atoms with Crippen LogP contribution in [0.5, 0.6) is 0 Å². The van der Waals surface area contributed by atoms with Crippen LogP contribution in [-0.4, -0.2) is 16.3 Å². The number of halogens is 1. The van der Waals surface area contributed by atoms with Crippen LogP contribution in [0, 0.1) is 0 Å². The van der Waals surface area contributed by atoms with Gasteiger partial charge in [-0.25, -0.2) is 9.97 Å². The molecular formula is C23H15ClN4O. The van der Waals surface area contributed by atoms with Crippen molar-refractivity contribution in [1.82, 2.24) is 9.97 Å². The molecule has 1 aliphatic rings. The summed E-state index contributed by atoms with van der Waals surface area (Å²) in [6.45, 7) is 0. The molecule has 1 aliphatic heterocycles. The normalized spacial score (nSPS) is 14.4. The number of para-hydroxylation sites is 2. The Hall–Kier alpha value is -3.70. The molecule has 0 N–H and O–H groups in total. The summed E-state index contributed by atoms with van der Waals surface area (Å²) >= 11 is 6.18. The maximum Gasteiger partial charge on any atom is 0.183 e. The first-order valence-corrected chi connectivity index (χ1v) is 9.47. The van der Waals surface area contributed by atoms with Crippen molar-refractivity contribution in [2.75, 3.05) is 9.80 Å². The molecule has 29 heavy (non-hydrogen) atoms. The van der Waals surface area contributed by atoms with E-state index in [2.05, 4.69) is 0 Å². The van der Waals surface area contributed by atoms with Gasteiger partial charge in [-0.15, -0.1) is 0 Å². The Morgan fingerprint density at radius 2 is 1.28 bits per heavy atom. The number of anilines is 4. The van der Waals surface area contributed by atoms with Crippen LogP contribution in [0.25, 0.3) is 11.0 Å². The molecule has 0 radical (unpaired) electrons. The molecule has 2 heterocycles. The highest BCUT2D eigenvalue weighted by molar-refractivity contribution is 6.31. The minimum atomic E-state index is 0.597. The van der Waals surface area contributed by atoms with Crippen LogP contribution >= 0.6 is 11.6 Å². The third-order valence-corrected chi connectivity index (χ3v) is 4.95. The molecule has 0 bridgehead atoms. The Balaban J connectivity index is 1.83. The highest BCUT2D eigenvalue weighted by Gasteiger charge is 2.36. The van der Waals surface area contributed by atoms with E-state index >= 15 is 0 Å². The number of carbonyl (C=O) groups excluding carboxylic acids is 1. The molecule has 5 rings (SSSR count). The third-order valence-electron chi connectivity index (χ3n) is 4.72. The van der Waals surface area contributed by atoms with Crippen LogP contribution in [0.2, 0.25) is 5.02 Å². The first-order chi connectivity index (χ1) is 14.3. The molecular weight excluding hydrogens is 384 g/mol. The van der Waals surface area contributed by atoms with E-state index in [9.17, 15) is 4.79 Å². The summed E-state index contributed by atoms with van der Waals surface area (Å²) in [5.74, 6) is 1.96. The molecule has 0 fully saturated rings. The largest absolute Gasteiger partial charge is 0.298 e. The molecule has 4 aromatic rings. The van der Waals surface area contributed by atoms with E-state index in [1.165, 1.54) is 6.08 Å². The van der Waals surface area contributed by atoms with Gasteiger partial charge < -0.3 is 0 Å². The van der Waals surface area contributed by atoms with E-state index in [1.807, 2.05) is 76.5 Å². The van der Waals surface area contributed by atoms with Crippen LogP contribution in [0.15, 0.2) is 90.8 Å². The Morgan fingerprint density at radius 1 is 0.724 bits per heavy atom. The zero-order valence-corrected chi connectivity index (χ0v) is 16.0. The van der Waals surface area contributed by atoms with E-state index < -0.39 is 0 Å². The van der Waals surface area contributed by atoms with Crippen LogP contribution < -0.4 is 9.80 Å². The quantitative estimate of drug-likeness (QED) is 0.331. The summed E-state index contributed by atoms with van der Waals surface area (Å²) in [5.41, 5.74) is 3.20. The van der Waals surface area contributed by atoms with Gasteiger partial charge in [-0.05, 0) is 42.5 Å². The Labute approximate surface area is 172 Å². The van der Waals surface area contributed by atoms with Crippen LogP contribution in [0.3, 0.4) is 0 Å². The summed E-state index contributed by atoms with van der Waals surface area (Å²) in [7, 11) is 0. The average Bonchev–Trinajstić information content (AvgIpc) is 3.06. The summed E-state index contributed by atoms with van der Waals surface area (Å²) in [6.07, 6.45) is 2.31. The van der Waals surface area contributed by atoms with Crippen molar-refractivity contribution < 1.29 is 4.79 Å². The van der Waals surface area contributed by atoms with E-state index in [1.54, 1.807) is 12.1 Å². The van der Waals surface area contributed by atoms with Gasteiger partial charge in [-0.1, -0.05) is 48.0 Å². The second-order valence-electron chi connectivity index (χ2n) is 6.51. The fourth-order valence-corrected chi connectivity index (χ4v) is 3.67. The van der Waals surface area contributed by atoms with Gasteiger partial charge in [0.2, 0.25) is 0 Å². The number of carbonyl (C=O) groups is 1. The van der Waals surface area contributed by atoms with Crippen LogP contribution in [0.1, 0.15) is 0 Å². The lowest BCUT2D eigenvalue weighted by Crippen LogP contribution is -2.22. The minimum absolute atomic E-state index is 0.597. The monoisotopic (exact) mass is 398 g/mol. The number of allylic oxidation sites excluding steroid dienone is 1. The van der Waals surface area contributed by atoms with E-state index in [0.29, 0.717) is 28.0 Å². The fraction of sp³-hybridized carbons (Fsp3) is 0. The summed E-state index contributed by atoms with van der Waals surface area (Å²) in [6, 6.07) is 25.0. The molecule has 6 heteroatoms. The van der Waals surface area contributed by atoms with E-state index in [4.69, 9.17) is 21.6 Å². The number of fused-ring (bicyclic) bond motifs is 2. The van der Waals surface area contributed by atoms with Crippen molar-refractivity contribution in [2.24, 2.45) is 0 Å². The third kappa shape index (κ3) is 2.92. The number of hydrogen-bond acceptors (Lipinski definition) is 5. The lowest BCUT2D eigenvalue weighted by Gasteiger charge is -2.24. The zero-order valence-electron chi connectivity index (χ0n) is 15.2. The molecule has 0 saturated heterocycles. The van der Waals surface area contributed by atoms with Crippen LogP contribution in [0.4, 0.5) is 23.0 Å². The fourth-order valence-electron chi connectivity index (χ4n) is 3.50. The van der Waals surface area contributed by atoms with Gasteiger partial charge in [0.25, 0.3) is 0 Å². The van der Waals surface area contributed by atoms with Gasteiger partial charge >= 0.3 is 0 Å². The van der Waals surface area contributed by atoms with E-state index in [-0.39, 0.29) is 0 Å². The maximum atomic E-state index is 11.6. The second-order valence-corrected chi connectivity index (χ2v) is 6.94.